The molecule has 1 amide bonds. The molecule has 2 aliphatic heterocycles. The fraction of sp³-hybridized carbons (Fsp3) is 0.850. The van der Waals surface area contributed by atoms with Crippen LogP contribution in [0.15, 0.2) is 4.52 Å². The number of carbonyl (C=O) groups is 1. The molecule has 158 valence electrons. The first kappa shape index (κ1) is 21.2. The molecule has 0 aliphatic carbocycles. The number of nitrogens with one attached hydrogen (secondary N) is 1. The largest absolute Gasteiger partial charge is 0.383 e. The first-order chi connectivity index (χ1) is 13.6. The Hall–Kier alpha value is -1.51. The number of hydrogen-bond acceptors (Lipinski definition) is 7. The zero-order valence-electron chi connectivity index (χ0n) is 17.5. The number of aromatic nitrogens is 2. The minimum absolute atomic E-state index is 0.108. The van der Waals surface area contributed by atoms with Gasteiger partial charge in [-0.3, -0.25) is 14.6 Å². The summed E-state index contributed by atoms with van der Waals surface area (Å²) in [5, 5.41) is 7.05. The summed E-state index contributed by atoms with van der Waals surface area (Å²) in [5.74, 6) is 2.08. The average molecular weight is 394 g/mol. The van der Waals surface area contributed by atoms with Crippen LogP contribution in [0.3, 0.4) is 0 Å². The Morgan fingerprint density at radius 2 is 2.07 bits per heavy atom. The maximum atomic E-state index is 12.4. The molecule has 1 N–H and O–H groups in total. The van der Waals surface area contributed by atoms with E-state index in [2.05, 4.69) is 39.1 Å². The lowest BCUT2D eigenvalue weighted by Gasteiger charge is -2.41. The third-order valence-electron chi connectivity index (χ3n) is 5.86. The molecule has 28 heavy (non-hydrogen) atoms. The molecule has 0 spiro atoms. The third kappa shape index (κ3) is 5.75. The van der Waals surface area contributed by atoms with Crippen molar-refractivity contribution in [3.8, 4) is 0 Å². The molecule has 3 rings (SSSR count). The minimum Gasteiger partial charge on any atom is -0.383 e. The predicted octanol–water partition coefficient (Wildman–Crippen LogP) is 1.63. The molecule has 2 fully saturated rings. The summed E-state index contributed by atoms with van der Waals surface area (Å²) in [4.78, 5) is 21.8. The second-order valence-corrected chi connectivity index (χ2v) is 8.33. The highest BCUT2D eigenvalue weighted by atomic mass is 16.5. The number of carbonyl (C=O) groups excluding carboxylic acids is 1. The van der Waals surface area contributed by atoms with Crippen molar-refractivity contribution in [1.82, 2.24) is 25.3 Å². The molecule has 0 bridgehead atoms. The van der Waals surface area contributed by atoms with Gasteiger partial charge in [-0.1, -0.05) is 19.0 Å². The summed E-state index contributed by atoms with van der Waals surface area (Å²) in [6.07, 6.45) is 4.35. The van der Waals surface area contributed by atoms with Crippen LogP contribution in [0.1, 0.15) is 57.2 Å². The van der Waals surface area contributed by atoms with Gasteiger partial charge in [0.1, 0.15) is 0 Å². The Bertz CT molecular complexity index is 613. The molecule has 2 aliphatic rings. The Morgan fingerprint density at radius 3 is 2.75 bits per heavy atom. The lowest BCUT2D eigenvalue weighted by molar-refractivity contribution is -0.127. The zero-order chi connectivity index (χ0) is 19.9. The summed E-state index contributed by atoms with van der Waals surface area (Å²) >= 11 is 0. The number of rotatable bonds is 8. The highest BCUT2D eigenvalue weighted by molar-refractivity contribution is 5.78. The third-order valence-corrected chi connectivity index (χ3v) is 5.86. The van der Waals surface area contributed by atoms with Crippen LogP contribution in [0.25, 0.3) is 0 Å². The van der Waals surface area contributed by atoms with Gasteiger partial charge in [-0.25, -0.2) is 0 Å². The highest BCUT2D eigenvalue weighted by Gasteiger charge is 2.31. The van der Waals surface area contributed by atoms with Gasteiger partial charge in [0.2, 0.25) is 11.8 Å². The summed E-state index contributed by atoms with van der Waals surface area (Å²) in [6, 6.07) is 0.569. The highest BCUT2D eigenvalue weighted by Crippen LogP contribution is 2.24. The number of hydrogen-bond donors (Lipinski definition) is 1. The molecule has 8 heteroatoms. The zero-order valence-corrected chi connectivity index (χ0v) is 17.5. The van der Waals surface area contributed by atoms with Crippen LogP contribution in [-0.2, 0) is 16.1 Å². The normalized spacial score (nSPS) is 22.6. The molecular formula is C20H35N5O3. The number of likely N-dealkylation sites (tertiary alicyclic amines) is 2. The molecule has 0 saturated carbocycles. The molecule has 8 nitrogen and oxygen atoms in total. The summed E-state index contributed by atoms with van der Waals surface area (Å²) in [7, 11) is 1.66. The van der Waals surface area contributed by atoms with Crippen molar-refractivity contribution in [3.63, 3.8) is 0 Å². The molecule has 0 aromatic carbocycles. The lowest BCUT2D eigenvalue weighted by atomic mass is 9.93. The molecule has 1 aromatic rings. The van der Waals surface area contributed by atoms with E-state index < -0.39 is 0 Å². The topological polar surface area (TPSA) is 83.7 Å². The van der Waals surface area contributed by atoms with E-state index in [1.165, 1.54) is 0 Å². The molecule has 0 unspecified atom stereocenters. The van der Waals surface area contributed by atoms with Crippen LogP contribution in [0.4, 0.5) is 0 Å². The van der Waals surface area contributed by atoms with Crippen molar-refractivity contribution >= 4 is 5.91 Å². The van der Waals surface area contributed by atoms with Crippen LogP contribution < -0.4 is 5.32 Å². The van der Waals surface area contributed by atoms with Gasteiger partial charge >= 0.3 is 0 Å². The van der Waals surface area contributed by atoms with Gasteiger partial charge in [0.05, 0.1) is 19.1 Å². The van der Waals surface area contributed by atoms with Crippen molar-refractivity contribution in [3.05, 3.63) is 11.7 Å². The number of amides is 1. The van der Waals surface area contributed by atoms with E-state index in [1.54, 1.807) is 7.11 Å². The van der Waals surface area contributed by atoms with Crippen LogP contribution >= 0.6 is 0 Å². The first-order valence-corrected chi connectivity index (χ1v) is 10.6. The SMILES string of the molecule is COCCNC(=O)[C@@H]1CCCN(C2CCN(Cc3nc(C(C)C)no3)CC2)C1. The molecule has 1 aromatic heterocycles. The maximum Gasteiger partial charge on any atom is 0.240 e. The van der Waals surface area contributed by atoms with Gasteiger partial charge < -0.3 is 14.6 Å². The van der Waals surface area contributed by atoms with Crippen LogP contribution in [-0.4, -0.2) is 78.3 Å². The van der Waals surface area contributed by atoms with Gasteiger partial charge in [-0.15, -0.1) is 0 Å². The van der Waals surface area contributed by atoms with Gasteiger partial charge in [0, 0.05) is 45.2 Å². The first-order valence-electron chi connectivity index (χ1n) is 10.6. The second-order valence-electron chi connectivity index (χ2n) is 8.33. The molecule has 2 saturated heterocycles. The van der Waals surface area contributed by atoms with Crippen LogP contribution in [0.2, 0.25) is 0 Å². The van der Waals surface area contributed by atoms with Gasteiger partial charge in [0.15, 0.2) is 5.82 Å². The fourth-order valence-electron chi connectivity index (χ4n) is 4.17. The van der Waals surface area contributed by atoms with E-state index in [0.29, 0.717) is 31.0 Å². The lowest BCUT2D eigenvalue weighted by Crippen LogP contribution is -2.50. The second kappa shape index (κ2) is 10.3. The smallest absolute Gasteiger partial charge is 0.240 e. The van der Waals surface area contributed by atoms with Gasteiger partial charge in [-0.2, -0.15) is 4.98 Å². The average Bonchev–Trinajstić information content (AvgIpc) is 3.18. The fourth-order valence-corrected chi connectivity index (χ4v) is 4.17. The van der Waals surface area contributed by atoms with Crippen molar-refractivity contribution in [2.45, 2.75) is 58.0 Å². The van der Waals surface area contributed by atoms with Crippen molar-refractivity contribution in [1.29, 1.82) is 0 Å². The number of nitrogens with zero attached hydrogens (tertiary/aromatic N) is 4. The Morgan fingerprint density at radius 1 is 1.29 bits per heavy atom. The maximum absolute atomic E-state index is 12.4. The monoisotopic (exact) mass is 393 g/mol. The van der Waals surface area contributed by atoms with Crippen molar-refractivity contribution in [2.75, 3.05) is 46.4 Å². The predicted molar refractivity (Wildman–Crippen MR) is 106 cm³/mol. The molecule has 0 radical (unpaired) electrons. The quantitative estimate of drug-likeness (QED) is 0.672. The van der Waals surface area contributed by atoms with Gasteiger partial charge in [-0.05, 0) is 32.2 Å². The Labute approximate surface area is 168 Å². The van der Waals surface area contributed by atoms with E-state index >= 15 is 0 Å². The molecule has 1 atom stereocenters. The van der Waals surface area contributed by atoms with E-state index in [4.69, 9.17) is 9.26 Å². The van der Waals surface area contributed by atoms with Crippen molar-refractivity contribution < 1.29 is 14.1 Å². The van der Waals surface area contributed by atoms with E-state index in [-0.39, 0.29) is 11.8 Å². The summed E-state index contributed by atoms with van der Waals surface area (Å²) < 4.78 is 10.4. The van der Waals surface area contributed by atoms with E-state index in [1.807, 2.05) is 0 Å². The van der Waals surface area contributed by atoms with Crippen LogP contribution in [0.5, 0.6) is 0 Å². The summed E-state index contributed by atoms with van der Waals surface area (Å²) in [5.41, 5.74) is 0. The van der Waals surface area contributed by atoms with E-state index in [9.17, 15) is 4.79 Å². The number of piperidine rings is 2. The number of ether oxygens (including phenoxy) is 1. The summed E-state index contributed by atoms with van der Waals surface area (Å²) in [6.45, 7) is 10.1. The van der Waals surface area contributed by atoms with Crippen LogP contribution in [0, 0.1) is 5.92 Å². The standard InChI is InChI=1S/C20H35N5O3/c1-15(2)19-22-18(28-23-19)14-24-10-6-17(7-11-24)25-9-4-5-16(13-25)20(26)21-8-12-27-3/h15-17H,4-14H2,1-3H3,(H,21,26)/t16-/m1/s1. The Kier molecular flexibility index (Phi) is 7.82. The van der Waals surface area contributed by atoms with Gasteiger partial charge in [0.25, 0.3) is 0 Å². The minimum atomic E-state index is 0.108. The number of methoxy groups -OCH3 is 1. The Balaban J connectivity index is 1.43. The van der Waals surface area contributed by atoms with E-state index in [0.717, 1.165) is 64.2 Å². The molecular weight excluding hydrogens is 358 g/mol. The molecule has 3 heterocycles. The van der Waals surface area contributed by atoms with Crippen molar-refractivity contribution in [2.24, 2.45) is 5.92 Å².